The molecule has 0 aromatic heterocycles. The molecule has 112 valence electrons. The molecule has 0 saturated heterocycles. The molecule has 1 aromatic carbocycles. The molecule has 3 atom stereocenters. The summed E-state index contributed by atoms with van der Waals surface area (Å²) in [5.41, 5.74) is 6.92. The van der Waals surface area contributed by atoms with Crippen LogP contribution in [-0.4, -0.2) is 18.5 Å². The second-order valence-corrected chi connectivity index (χ2v) is 6.06. The second-order valence-electron chi connectivity index (χ2n) is 6.06. The molecule has 3 N–H and O–H groups in total. The number of carbonyl (C=O) groups is 1. The van der Waals surface area contributed by atoms with Crippen molar-refractivity contribution in [2.24, 2.45) is 17.6 Å². The molecule has 1 saturated carbocycles. The molecule has 1 aliphatic rings. The van der Waals surface area contributed by atoms with Gasteiger partial charge in [-0.05, 0) is 55.4 Å². The molecule has 1 fully saturated rings. The lowest BCUT2D eigenvalue weighted by atomic mass is 9.80. The quantitative estimate of drug-likeness (QED) is 0.820. The van der Waals surface area contributed by atoms with Crippen molar-refractivity contribution >= 4 is 5.91 Å². The van der Waals surface area contributed by atoms with E-state index in [1.165, 1.54) is 12.8 Å². The van der Waals surface area contributed by atoms with E-state index in [0.717, 1.165) is 17.9 Å². The zero-order valence-electron chi connectivity index (χ0n) is 12.9. The molecule has 0 bridgehead atoms. The Kier molecular flexibility index (Phi) is 5.41. The monoisotopic (exact) mass is 284 g/mol. The molecule has 3 heteroatoms. The summed E-state index contributed by atoms with van der Waals surface area (Å²) < 4.78 is 0. The molecule has 1 aliphatic carbocycles. The van der Waals surface area contributed by atoms with Crippen LogP contribution >= 0.6 is 0 Å². The zero-order chi connectivity index (χ0) is 15.2. The fourth-order valence-electron chi connectivity index (χ4n) is 2.99. The summed E-state index contributed by atoms with van der Waals surface area (Å²) in [5, 5.41) is 3.17. The molecule has 3 nitrogen and oxygen atoms in total. The minimum Gasteiger partial charge on any atom is -0.349 e. The maximum Gasteiger partial charge on any atom is 0.251 e. The molecule has 0 aliphatic heterocycles. The highest BCUT2D eigenvalue weighted by atomic mass is 16.1. The summed E-state index contributed by atoms with van der Waals surface area (Å²) in [5.74, 6) is 7.10. The first-order valence-corrected chi connectivity index (χ1v) is 7.70. The van der Waals surface area contributed by atoms with Gasteiger partial charge in [-0.25, -0.2) is 0 Å². The average molecular weight is 284 g/mol. The lowest BCUT2D eigenvalue weighted by molar-refractivity contribution is 0.0899. The van der Waals surface area contributed by atoms with Gasteiger partial charge in [0.05, 0.1) is 6.54 Å². The second kappa shape index (κ2) is 7.28. The SMILES string of the molecule is CC1CCC(NC(=O)c2ccc(C#CCN)cc2)C(C)C1. The van der Waals surface area contributed by atoms with Gasteiger partial charge in [-0.3, -0.25) is 4.79 Å². The molecule has 21 heavy (non-hydrogen) atoms. The Balaban J connectivity index is 1.97. The highest BCUT2D eigenvalue weighted by Gasteiger charge is 2.26. The predicted molar refractivity (Wildman–Crippen MR) is 85.8 cm³/mol. The molecule has 2 rings (SSSR count). The van der Waals surface area contributed by atoms with Gasteiger partial charge in [0.25, 0.3) is 5.91 Å². The molecular weight excluding hydrogens is 260 g/mol. The molecule has 3 unspecified atom stereocenters. The molecule has 0 spiro atoms. The third-order valence-corrected chi connectivity index (χ3v) is 4.23. The Bertz CT molecular complexity index is 539. The summed E-state index contributed by atoms with van der Waals surface area (Å²) >= 11 is 0. The third-order valence-electron chi connectivity index (χ3n) is 4.23. The Morgan fingerprint density at radius 1 is 1.29 bits per heavy atom. The summed E-state index contributed by atoms with van der Waals surface area (Å²) in [6, 6.07) is 7.68. The van der Waals surface area contributed by atoms with Crippen LogP contribution in [0.2, 0.25) is 0 Å². The number of hydrogen-bond acceptors (Lipinski definition) is 2. The maximum atomic E-state index is 12.3. The van der Waals surface area contributed by atoms with E-state index in [1.807, 2.05) is 24.3 Å². The summed E-state index contributed by atoms with van der Waals surface area (Å²) in [6.45, 7) is 4.86. The molecule has 0 heterocycles. The van der Waals surface area contributed by atoms with Crippen molar-refractivity contribution in [3.05, 3.63) is 35.4 Å². The van der Waals surface area contributed by atoms with Gasteiger partial charge in [0.15, 0.2) is 0 Å². The van der Waals surface area contributed by atoms with Gasteiger partial charge in [0, 0.05) is 17.2 Å². The fourth-order valence-corrected chi connectivity index (χ4v) is 2.99. The number of rotatable bonds is 2. The highest BCUT2D eigenvalue weighted by Crippen LogP contribution is 2.28. The number of nitrogens with two attached hydrogens (primary N) is 1. The van der Waals surface area contributed by atoms with Crippen molar-refractivity contribution in [3.63, 3.8) is 0 Å². The van der Waals surface area contributed by atoms with Crippen molar-refractivity contribution in [1.82, 2.24) is 5.32 Å². The van der Waals surface area contributed by atoms with E-state index in [2.05, 4.69) is 31.0 Å². The van der Waals surface area contributed by atoms with Crippen LogP contribution in [-0.2, 0) is 0 Å². The number of benzene rings is 1. The van der Waals surface area contributed by atoms with Crippen LogP contribution < -0.4 is 11.1 Å². The smallest absolute Gasteiger partial charge is 0.251 e. The van der Waals surface area contributed by atoms with Gasteiger partial charge in [-0.15, -0.1) is 0 Å². The Hall–Kier alpha value is -1.79. The van der Waals surface area contributed by atoms with E-state index in [-0.39, 0.29) is 5.91 Å². The normalized spacial score (nSPS) is 24.8. The predicted octanol–water partition coefficient (Wildman–Crippen LogP) is 2.55. The van der Waals surface area contributed by atoms with Crippen molar-refractivity contribution in [2.45, 2.75) is 39.2 Å². The Labute approximate surface area is 127 Å². The van der Waals surface area contributed by atoms with Gasteiger partial charge in [-0.1, -0.05) is 25.7 Å². The van der Waals surface area contributed by atoms with E-state index >= 15 is 0 Å². The van der Waals surface area contributed by atoms with Crippen LogP contribution in [0.4, 0.5) is 0 Å². The van der Waals surface area contributed by atoms with Crippen LogP contribution in [0.3, 0.4) is 0 Å². The Morgan fingerprint density at radius 3 is 2.62 bits per heavy atom. The number of nitrogens with one attached hydrogen (secondary N) is 1. The zero-order valence-corrected chi connectivity index (χ0v) is 12.9. The van der Waals surface area contributed by atoms with Crippen molar-refractivity contribution in [2.75, 3.05) is 6.54 Å². The van der Waals surface area contributed by atoms with E-state index in [0.29, 0.717) is 24.1 Å². The van der Waals surface area contributed by atoms with Gasteiger partial charge in [0.1, 0.15) is 0 Å². The van der Waals surface area contributed by atoms with Crippen molar-refractivity contribution in [3.8, 4) is 11.8 Å². The lowest BCUT2D eigenvalue weighted by Gasteiger charge is -2.33. The van der Waals surface area contributed by atoms with Gasteiger partial charge in [-0.2, -0.15) is 0 Å². The number of hydrogen-bond donors (Lipinski definition) is 2. The van der Waals surface area contributed by atoms with Crippen LogP contribution in [0.1, 0.15) is 49.0 Å². The summed E-state index contributed by atoms with van der Waals surface area (Å²) in [7, 11) is 0. The van der Waals surface area contributed by atoms with Crippen LogP contribution in [0.5, 0.6) is 0 Å². The van der Waals surface area contributed by atoms with Crippen molar-refractivity contribution < 1.29 is 4.79 Å². The lowest BCUT2D eigenvalue weighted by Crippen LogP contribution is -2.42. The first-order valence-electron chi connectivity index (χ1n) is 7.70. The molecular formula is C18H24N2O. The van der Waals surface area contributed by atoms with Crippen LogP contribution in [0.15, 0.2) is 24.3 Å². The van der Waals surface area contributed by atoms with Gasteiger partial charge < -0.3 is 11.1 Å². The van der Waals surface area contributed by atoms with Crippen LogP contribution in [0.25, 0.3) is 0 Å². The molecule has 1 amide bonds. The van der Waals surface area contributed by atoms with E-state index in [4.69, 9.17) is 5.73 Å². The largest absolute Gasteiger partial charge is 0.349 e. The van der Waals surface area contributed by atoms with Crippen LogP contribution in [0, 0.1) is 23.7 Å². The molecule has 0 radical (unpaired) electrons. The number of amides is 1. The fraction of sp³-hybridized carbons (Fsp3) is 0.500. The number of carbonyl (C=O) groups excluding carboxylic acids is 1. The summed E-state index contributed by atoms with van der Waals surface area (Å²) in [6.07, 6.45) is 3.47. The van der Waals surface area contributed by atoms with Crippen molar-refractivity contribution in [1.29, 1.82) is 0 Å². The van der Waals surface area contributed by atoms with Gasteiger partial charge in [0.2, 0.25) is 0 Å². The van der Waals surface area contributed by atoms with E-state index in [9.17, 15) is 4.79 Å². The topological polar surface area (TPSA) is 55.1 Å². The van der Waals surface area contributed by atoms with E-state index < -0.39 is 0 Å². The molecule has 1 aromatic rings. The first kappa shape index (κ1) is 15.6. The minimum absolute atomic E-state index is 0.0136. The Morgan fingerprint density at radius 2 is 2.00 bits per heavy atom. The highest BCUT2D eigenvalue weighted by molar-refractivity contribution is 5.94. The van der Waals surface area contributed by atoms with E-state index in [1.54, 1.807) is 0 Å². The van der Waals surface area contributed by atoms with Gasteiger partial charge >= 0.3 is 0 Å². The average Bonchev–Trinajstić information content (AvgIpc) is 2.48. The summed E-state index contributed by atoms with van der Waals surface area (Å²) in [4.78, 5) is 12.3. The minimum atomic E-state index is 0.0136. The standard InChI is InChI=1S/C18H24N2O/c1-13-5-10-17(14(2)12-13)20-18(21)16-8-6-15(7-9-16)4-3-11-19/h6-9,13-14,17H,5,10-12,19H2,1-2H3,(H,20,21). The third kappa shape index (κ3) is 4.34. The maximum absolute atomic E-state index is 12.3. The first-order chi connectivity index (χ1) is 10.1.